The SMILES string of the molecule is S=P12c3c4cccc3N(c3ccccc3)c3cc(Cl)cc(c31)N(c1ccccc1)c1cc(Cl)cc(c12)N4c1ccccc1. The van der Waals surface area contributed by atoms with Crippen molar-refractivity contribution in [1.29, 1.82) is 0 Å². The van der Waals surface area contributed by atoms with Crippen LogP contribution in [0, 0.1) is 0 Å². The molecule has 9 rings (SSSR count). The van der Waals surface area contributed by atoms with Gasteiger partial charge in [0.25, 0.3) is 0 Å². The molecule has 3 nitrogen and oxygen atoms in total. The Morgan fingerprint density at radius 1 is 0.395 bits per heavy atom. The Bertz CT molecular complexity index is 2030. The van der Waals surface area contributed by atoms with Crippen molar-refractivity contribution in [1.82, 2.24) is 0 Å². The molecule has 206 valence electrons. The Labute approximate surface area is 265 Å². The van der Waals surface area contributed by atoms with Gasteiger partial charge in [0.15, 0.2) is 0 Å². The summed E-state index contributed by atoms with van der Waals surface area (Å²) in [4.78, 5) is 6.98. The van der Waals surface area contributed by atoms with E-state index in [1.807, 2.05) is 18.2 Å². The van der Waals surface area contributed by atoms with Crippen LogP contribution in [0.3, 0.4) is 0 Å². The van der Waals surface area contributed by atoms with E-state index in [1.54, 1.807) is 0 Å². The molecule has 0 spiro atoms. The van der Waals surface area contributed by atoms with Crippen molar-refractivity contribution < 1.29 is 0 Å². The van der Waals surface area contributed by atoms with E-state index in [-0.39, 0.29) is 0 Å². The quantitative estimate of drug-likeness (QED) is 0.180. The number of para-hydroxylation sites is 3. The van der Waals surface area contributed by atoms with Crippen LogP contribution in [0.4, 0.5) is 51.2 Å². The Hall–Kier alpha value is -4.05. The largest absolute Gasteiger partial charge is 0.309 e. The fourth-order valence-corrected chi connectivity index (χ4v) is 12.7. The normalized spacial score (nSPS) is 14.9. The lowest BCUT2D eigenvalue weighted by molar-refractivity contribution is 1.23. The minimum atomic E-state index is -2.61. The summed E-state index contributed by atoms with van der Waals surface area (Å²) in [6.45, 7) is 0. The van der Waals surface area contributed by atoms with Gasteiger partial charge in [-0.2, -0.15) is 0 Å². The number of nitrogens with zero attached hydrogens (tertiary/aromatic N) is 3. The highest BCUT2D eigenvalue weighted by Gasteiger charge is 2.51. The van der Waals surface area contributed by atoms with Crippen LogP contribution < -0.4 is 30.6 Å². The zero-order chi connectivity index (χ0) is 28.9. The smallest absolute Gasteiger partial charge is 0.0588 e. The predicted molar refractivity (Wildman–Crippen MR) is 187 cm³/mol. The summed E-state index contributed by atoms with van der Waals surface area (Å²) in [5.41, 5.74) is 9.41. The van der Waals surface area contributed by atoms with Gasteiger partial charge < -0.3 is 14.7 Å². The van der Waals surface area contributed by atoms with Crippen molar-refractivity contribution in [3.63, 3.8) is 0 Å². The van der Waals surface area contributed by atoms with Crippen molar-refractivity contribution in [3.05, 3.63) is 144 Å². The highest BCUT2D eigenvalue weighted by atomic mass is 35.5. The molecule has 0 radical (unpaired) electrons. The second-order valence-electron chi connectivity index (χ2n) is 10.9. The molecule has 7 heteroatoms. The van der Waals surface area contributed by atoms with Crippen molar-refractivity contribution in [2.45, 2.75) is 0 Å². The average molecular weight is 631 g/mol. The predicted octanol–water partition coefficient (Wildman–Crippen LogP) is 10.1. The maximum Gasteiger partial charge on any atom is 0.0588 e. The fraction of sp³-hybridized carbons (Fsp3) is 0. The van der Waals surface area contributed by atoms with Crippen LogP contribution in [-0.2, 0) is 11.8 Å². The second-order valence-corrected chi connectivity index (χ2v) is 15.9. The number of hydrogen-bond acceptors (Lipinski definition) is 4. The molecular weight excluding hydrogens is 608 g/mol. The highest BCUT2D eigenvalue weighted by Crippen LogP contribution is 2.67. The van der Waals surface area contributed by atoms with Crippen molar-refractivity contribution in [3.8, 4) is 0 Å². The third kappa shape index (κ3) is 3.41. The van der Waals surface area contributed by atoms with Crippen LogP contribution >= 0.6 is 29.2 Å². The molecule has 0 aliphatic carbocycles. The molecule has 0 N–H and O–H groups in total. The third-order valence-corrected chi connectivity index (χ3v) is 13.8. The van der Waals surface area contributed by atoms with Gasteiger partial charge in [0.2, 0.25) is 0 Å². The summed E-state index contributed by atoms with van der Waals surface area (Å²) >= 11 is 21.1. The third-order valence-electron chi connectivity index (χ3n) is 8.50. The van der Waals surface area contributed by atoms with Crippen molar-refractivity contribution in [2.75, 3.05) is 14.7 Å². The first-order valence-electron chi connectivity index (χ1n) is 14.0. The van der Waals surface area contributed by atoms with E-state index >= 15 is 0 Å². The first-order chi connectivity index (χ1) is 21.1. The Morgan fingerprint density at radius 3 is 1.05 bits per heavy atom. The van der Waals surface area contributed by atoms with E-state index in [4.69, 9.17) is 35.0 Å². The van der Waals surface area contributed by atoms with Crippen molar-refractivity contribution in [2.24, 2.45) is 0 Å². The maximum absolute atomic E-state index is 7.13. The van der Waals surface area contributed by atoms with Gasteiger partial charge in [-0.1, -0.05) is 95.7 Å². The number of rotatable bonds is 3. The zero-order valence-electron chi connectivity index (χ0n) is 22.7. The molecule has 0 saturated carbocycles. The van der Waals surface area contributed by atoms with Crippen LogP contribution in [0.2, 0.25) is 10.0 Å². The van der Waals surface area contributed by atoms with Crippen LogP contribution in [0.5, 0.6) is 0 Å². The molecular formula is C36H22Cl2N3PS. The minimum Gasteiger partial charge on any atom is -0.309 e. The van der Waals surface area contributed by atoms with E-state index in [1.165, 1.54) is 5.30 Å². The molecule has 0 aromatic heterocycles. The maximum atomic E-state index is 7.13. The van der Waals surface area contributed by atoms with E-state index < -0.39 is 6.04 Å². The van der Waals surface area contributed by atoms with Crippen LogP contribution in [0.25, 0.3) is 0 Å². The number of anilines is 9. The summed E-state index contributed by atoms with van der Waals surface area (Å²) in [7, 11) is 0. The lowest BCUT2D eigenvalue weighted by Gasteiger charge is -2.51. The molecule has 0 unspecified atom stereocenters. The number of hydrogen-bond donors (Lipinski definition) is 0. The molecule has 0 fully saturated rings. The molecule has 6 aromatic carbocycles. The lowest BCUT2D eigenvalue weighted by atomic mass is 10.1. The van der Waals surface area contributed by atoms with Gasteiger partial charge in [-0.25, -0.2) is 0 Å². The first kappa shape index (κ1) is 25.4. The molecule has 3 aliphatic heterocycles. The van der Waals surface area contributed by atoms with E-state index in [0.717, 1.165) is 61.8 Å². The first-order valence-corrected chi connectivity index (χ1v) is 17.6. The van der Waals surface area contributed by atoms with Crippen molar-refractivity contribution >= 4 is 108 Å². The topological polar surface area (TPSA) is 9.72 Å². The Morgan fingerprint density at radius 2 is 0.698 bits per heavy atom. The minimum absolute atomic E-state index is 0.658. The second kappa shape index (κ2) is 9.22. The summed E-state index contributed by atoms with van der Waals surface area (Å²) in [6, 6.07) is 43.7. The molecule has 43 heavy (non-hydrogen) atoms. The van der Waals surface area contributed by atoms with E-state index in [2.05, 4.69) is 130 Å². The average Bonchev–Trinajstić information content (AvgIpc) is 3.02. The molecule has 3 aliphatic rings. The van der Waals surface area contributed by atoms with Gasteiger partial charge in [0.1, 0.15) is 0 Å². The number of halogens is 2. The summed E-state index contributed by atoms with van der Waals surface area (Å²) in [6.07, 6.45) is 0. The van der Waals surface area contributed by atoms with Gasteiger partial charge in [-0.3, -0.25) is 0 Å². The van der Waals surface area contributed by atoms with Gasteiger partial charge in [-0.15, -0.1) is 0 Å². The van der Waals surface area contributed by atoms with Gasteiger partial charge in [0.05, 0.1) is 40.2 Å². The molecule has 6 aromatic rings. The number of benzene rings is 6. The lowest BCUT2D eigenvalue weighted by Crippen LogP contribution is -2.47. The van der Waals surface area contributed by atoms with E-state index in [0.29, 0.717) is 10.0 Å². The molecule has 0 atom stereocenters. The fourth-order valence-electron chi connectivity index (χ4n) is 6.96. The summed E-state index contributed by atoms with van der Waals surface area (Å²) < 4.78 is 0. The van der Waals surface area contributed by atoms with Crippen LogP contribution in [-0.4, -0.2) is 0 Å². The Balaban J connectivity index is 1.50. The molecule has 3 heterocycles. The van der Waals surface area contributed by atoms with Crippen LogP contribution in [0.1, 0.15) is 0 Å². The van der Waals surface area contributed by atoms with Crippen LogP contribution in [0.15, 0.2) is 133 Å². The summed E-state index contributed by atoms with van der Waals surface area (Å²) in [5.74, 6) is 0. The van der Waals surface area contributed by atoms with Gasteiger partial charge >= 0.3 is 0 Å². The zero-order valence-corrected chi connectivity index (χ0v) is 25.9. The highest BCUT2D eigenvalue weighted by molar-refractivity contribution is 8.26. The van der Waals surface area contributed by atoms with Gasteiger partial charge in [-0.05, 0) is 72.8 Å². The standard InChI is InChI=1S/C36H22Cl2N3PS/c37-23-19-30-35-32(21-23)41(27-15-8-3-9-16-27)33-22-24(38)20-31-36(33)42(35,43)34-28(39(30)25-11-4-1-5-12-25)17-10-18-29(34)40(31)26-13-6-2-7-14-26/h1-22H. The molecule has 0 amide bonds. The van der Waals surface area contributed by atoms with Gasteiger partial charge in [0, 0.05) is 43.0 Å². The van der Waals surface area contributed by atoms with E-state index in [9.17, 15) is 0 Å². The molecule has 0 saturated heterocycles. The monoisotopic (exact) mass is 629 g/mol. The Kier molecular flexibility index (Phi) is 5.46. The molecule has 0 bridgehead atoms. The summed E-state index contributed by atoms with van der Waals surface area (Å²) in [5, 5.41) is 4.82.